The second kappa shape index (κ2) is 7.75. The molecular formula is C12H15Cl2NOS. The summed E-state index contributed by atoms with van der Waals surface area (Å²) in [7, 11) is 0. The molecule has 0 aliphatic heterocycles. The lowest BCUT2D eigenvalue weighted by atomic mass is 10.3. The molecule has 94 valence electrons. The SMILES string of the molecule is C=CCN(Cc1ccc(Cl)s1)C(=O)CCCCl. The number of hydrogen-bond acceptors (Lipinski definition) is 2. The van der Waals surface area contributed by atoms with Crippen LogP contribution in [0.25, 0.3) is 0 Å². The van der Waals surface area contributed by atoms with Gasteiger partial charge in [-0.15, -0.1) is 29.5 Å². The molecule has 1 amide bonds. The summed E-state index contributed by atoms with van der Waals surface area (Å²) in [6, 6.07) is 3.79. The number of carbonyl (C=O) groups excluding carboxylic acids is 1. The molecule has 1 aromatic rings. The average Bonchev–Trinajstić information content (AvgIpc) is 2.71. The first kappa shape index (κ1) is 14.6. The van der Waals surface area contributed by atoms with Crippen LogP contribution >= 0.6 is 34.5 Å². The van der Waals surface area contributed by atoms with E-state index < -0.39 is 0 Å². The highest BCUT2D eigenvalue weighted by Crippen LogP contribution is 2.23. The van der Waals surface area contributed by atoms with Crippen LogP contribution in [0.3, 0.4) is 0 Å². The van der Waals surface area contributed by atoms with Crippen molar-refractivity contribution in [3.8, 4) is 0 Å². The maximum atomic E-state index is 11.9. The van der Waals surface area contributed by atoms with Gasteiger partial charge in [0.05, 0.1) is 10.9 Å². The van der Waals surface area contributed by atoms with E-state index in [1.165, 1.54) is 11.3 Å². The van der Waals surface area contributed by atoms with Crippen molar-refractivity contribution in [2.75, 3.05) is 12.4 Å². The quantitative estimate of drug-likeness (QED) is 0.550. The summed E-state index contributed by atoms with van der Waals surface area (Å²) < 4.78 is 0.742. The monoisotopic (exact) mass is 291 g/mol. The summed E-state index contributed by atoms with van der Waals surface area (Å²) in [5, 5.41) is 0. The van der Waals surface area contributed by atoms with Crippen molar-refractivity contribution in [1.82, 2.24) is 4.90 Å². The minimum absolute atomic E-state index is 0.107. The largest absolute Gasteiger partial charge is 0.334 e. The third kappa shape index (κ3) is 5.11. The van der Waals surface area contributed by atoms with Gasteiger partial charge in [-0.05, 0) is 18.6 Å². The molecule has 0 saturated carbocycles. The van der Waals surface area contributed by atoms with Gasteiger partial charge in [0.25, 0.3) is 0 Å². The minimum Gasteiger partial charge on any atom is -0.334 e. The maximum absolute atomic E-state index is 11.9. The van der Waals surface area contributed by atoms with E-state index in [4.69, 9.17) is 23.2 Å². The van der Waals surface area contributed by atoms with Crippen molar-refractivity contribution < 1.29 is 4.79 Å². The number of hydrogen-bond donors (Lipinski definition) is 0. The lowest BCUT2D eigenvalue weighted by molar-refractivity contribution is -0.131. The van der Waals surface area contributed by atoms with E-state index >= 15 is 0 Å². The molecule has 17 heavy (non-hydrogen) atoms. The molecule has 1 heterocycles. The molecule has 0 unspecified atom stereocenters. The minimum atomic E-state index is 0.107. The number of amides is 1. The van der Waals surface area contributed by atoms with Crippen molar-refractivity contribution >= 4 is 40.4 Å². The molecule has 0 aromatic carbocycles. The normalized spacial score (nSPS) is 10.2. The van der Waals surface area contributed by atoms with Crippen LogP contribution in [0.15, 0.2) is 24.8 Å². The number of rotatable bonds is 7. The zero-order valence-electron chi connectivity index (χ0n) is 9.49. The molecule has 0 aliphatic carbocycles. The van der Waals surface area contributed by atoms with Crippen LogP contribution < -0.4 is 0 Å². The van der Waals surface area contributed by atoms with Crippen LogP contribution in [0.5, 0.6) is 0 Å². The summed E-state index contributed by atoms with van der Waals surface area (Å²) in [6.45, 7) is 4.81. The summed E-state index contributed by atoms with van der Waals surface area (Å²) in [5.41, 5.74) is 0. The lowest BCUT2D eigenvalue weighted by Crippen LogP contribution is -2.30. The topological polar surface area (TPSA) is 20.3 Å². The Hall–Kier alpha value is -0.510. The first-order valence-corrected chi connectivity index (χ1v) is 7.09. The number of halogens is 2. The predicted octanol–water partition coefficient (Wildman–Crippen LogP) is 3.94. The predicted molar refractivity (Wildman–Crippen MR) is 74.9 cm³/mol. The first-order chi connectivity index (χ1) is 8.17. The average molecular weight is 292 g/mol. The second-order valence-corrected chi connectivity index (χ2v) is 5.74. The standard InChI is InChI=1S/C12H15Cl2NOS/c1-2-8-15(12(16)4-3-7-13)9-10-5-6-11(14)17-10/h2,5-6H,1,3-4,7-9H2. The Balaban J connectivity index is 2.58. The molecule has 0 atom stereocenters. The number of nitrogens with zero attached hydrogens (tertiary/aromatic N) is 1. The van der Waals surface area contributed by atoms with E-state index in [9.17, 15) is 4.79 Å². The van der Waals surface area contributed by atoms with E-state index in [-0.39, 0.29) is 5.91 Å². The highest BCUT2D eigenvalue weighted by molar-refractivity contribution is 7.16. The molecule has 0 radical (unpaired) electrons. The van der Waals surface area contributed by atoms with Gasteiger partial charge in [-0.25, -0.2) is 0 Å². The van der Waals surface area contributed by atoms with Crippen LogP contribution in [0.1, 0.15) is 17.7 Å². The van der Waals surface area contributed by atoms with Gasteiger partial charge in [0, 0.05) is 23.7 Å². The van der Waals surface area contributed by atoms with Gasteiger partial charge in [0.1, 0.15) is 0 Å². The fraction of sp³-hybridized carbons (Fsp3) is 0.417. The number of carbonyl (C=O) groups is 1. The molecule has 0 N–H and O–H groups in total. The van der Waals surface area contributed by atoms with Gasteiger partial charge in [-0.1, -0.05) is 17.7 Å². The fourth-order valence-electron chi connectivity index (χ4n) is 1.41. The molecule has 2 nitrogen and oxygen atoms in total. The summed E-state index contributed by atoms with van der Waals surface area (Å²) in [6.07, 6.45) is 2.92. The van der Waals surface area contributed by atoms with Crippen LogP contribution in [0, 0.1) is 0 Å². The smallest absolute Gasteiger partial charge is 0.223 e. The highest BCUT2D eigenvalue weighted by atomic mass is 35.5. The molecule has 5 heteroatoms. The van der Waals surface area contributed by atoms with E-state index in [2.05, 4.69) is 6.58 Å². The Morgan fingerprint density at radius 2 is 2.29 bits per heavy atom. The van der Waals surface area contributed by atoms with E-state index in [1.807, 2.05) is 12.1 Å². The van der Waals surface area contributed by atoms with Gasteiger partial charge in [-0.2, -0.15) is 0 Å². The van der Waals surface area contributed by atoms with Gasteiger partial charge < -0.3 is 4.90 Å². The van der Waals surface area contributed by atoms with Crippen molar-refractivity contribution in [3.05, 3.63) is 34.0 Å². The van der Waals surface area contributed by atoms with Crippen molar-refractivity contribution in [2.24, 2.45) is 0 Å². The summed E-state index contributed by atoms with van der Waals surface area (Å²) >= 11 is 12.9. The molecule has 0 saturated heterocycles. The molecule has 0 bridgehead atoms. The van der Waals surface area contributed by atoms with E-state index in [0.29, 0.717) is 31.8 Å². The van der Waals surface area contributed by atoms with E-state index in [0.717, 1.165) is 9.21 Å². The van der Waals surface area contributed by atoms with Gasteiger partial charge in [0.2, 0.25) is 5.91 Å². The van der Waals surface area contributed by atoms with Crippen LogP contribution in [-0.2, 0) is 11.3 Å². The highest BCUT2D eigenvalue weighted by Gasteiger charge is 2.13. The van der Waals surface area contributed by atoms with Crippen LogP contribution in [0.4, 0.5) is 0 Å². The molecule has 0 fully saturated rings. The lowest BCUT2D eigenvalue weighted by Gasteiger charge is -2.20. The molecule has 1 rings (SSSR count). The summed E-state index contributed by atoms with van der Waals surface area (Å²) in [4.78, 5) is 14.7. The number of thiophene rings is 1. The van der Waals surface area contributed by atoms with Gasteiger partial charge in [-0.3, -0.25) is 4.79 Å². The number of alkyl halides is 1. The molecule has 1 aromatic heterocycles. The summed E-state index contributed by atoms with van der Waals surface area (Å²) in [5.74, 6) is 0.619. The Labute approximate surface area is 116 Å². The Morgan fingerprint density at radius 1 is 1.53 bits per heavy atom. The fourth-order valence-corrected chi connectivity index (χ4v) is 2.65. The van der Waals surface area contributed by atoms with Crippen molar-refractivity contribution in [2.45, 2.75) is 19.4 Å². The van der Waals surface area contributed by atoms with Gasteiger partial charge >= 0.3 is 0 Å². The van der Waals surface area contributed by atoms with Crippen LogP contribution in [0.2, 0.25) is 4.34 Å². The van der Waals surface area contributed by atoms with Crippen molar-refractivity contribution in [3.63, 3.8) is 0 Å². The van der Waals surface area contributed by atoms with E-state index in [1.54, 1.807) is 11.0 Å². The molecular weight excluding hydrogens is 277 g/mol. The zero-order valence-corrected chi connectivity index (χ0v) is 11.8. The Kier molecular flexibility index (Phi) is 6.63. The van der Waals surface area contributed by atoms with Crippen molar-refractivity contribution in [1.29, 1.82) is 0 Å². The molecule has 0 spiro atoms. The first-order valence-electron chi connectivity index (χ1n) is 5.36. The maximum Gasteiger partial charge on any atom is 0.223 e. The molecule has 0 aliphatic rings. The second-order valence-electron chi connectivity index (χ2n) is 3.56. The van der Waals surface area contributed by atoms with Gasteiger partial charge in [0.15, 0.2) is 0 Å². The Bertz CT molecular complexity index is 378. The zero-order chi connectivity index (χ0) is 12.7. The Morgan fingerprint density at radius 3 is 2.82 bits per heavy atom. The van der Waals surface area contributed by atoms with Crippen LogP contribution in [-0.4, -0.2) is 23.2 Å². The third-order valence-corrected chi connectivity index (χ3v) is 3.69. The third-order valence-electron chi connectivity index (χ3n) is 2.20.